The van der Waals surface area contributed by atoms with Crippen molar-refractivity contribution in [3.63, 3.8) is 0 Å². The van der Waals surface area contributed by atoms with Crippen LogP contribution >= 0.6 is 0 Å². The Bertz CT molecular complexity index is 1450. The van der Waals surface area contributed by atoms with Crippen molar-refractivity contribution in [3.8, 4) is 11.5 Å². The number of benzene rings is 3. The van der Waals surface area contributed by atoms with Crippen molar-refractivity contribution in [1.82, 2.24) is 4.57 Å². The number of hydrogen-bond donors (Lipinski definition) is 0. The van der Waals surface area contributed by atoms with Crippen LogP contribution in [0.2, 0.25) is 0 Å². The van der Waals surface area contributed by atoms with E-state index in [2.05, 4.69) is 0 Å². The van der Waals surface area contributed by atoms with Crippen LogP contribution in [-0.4, -0.2) is 23.2 Å². The van der Waals surface area contributed by atoms with Gasteiger partial charge < -0.3 is 18.8 Å². The quantitative estimate of drug-likeness (QED) is 0.323. The number of carbonyl (C=O) groups is 1. The highest BCUT2D eigenvalue weighted by molar-refractivity contribution is 5.98. The average molecular weight is 443 g/mol. The highest BCUT2D eigenvalue weighted by Gasteiger charge is 2.40. The van der Waals surface area contributed by atoms with Gasteiger partial charge in [0, 0.05) is 24.9 Å². The number of rotatable bonds is 3. The molecule has 0 radical (unpaired) electrons. The second kappa shape index (κ2) is 7.66. The molecule has 1 atom stereocenters. The number of aryl methyl sites for hydroxylation is 1. The van der Waals surface area contributed by atoms with Crippen LogP contribution in [-0.2, 0) is 11.8 Å². The van der Waals surface area contributed by atoms with Gasteiger partial charge in [0.25, 0.3) is 0 Å². The summed E-state index contributed by atoms with van der Waals surface area (Å²) >= 11 is 0. The molecule has 1 aliphatic rings. The summed E-state index contributed by atoms with van der Waals surface area (Å²) in [6.07, 6.45) is -0.207. The zero-order chi connectivity index (χ0) is 23.3. The first-order chi connectivity index (χ1) is 15.8. The third-order valence-corrected chi connectivity index (χ3v) is 6.21. The van der Waals surface area contributed by atoms with Gasteiger partial charge in [-0.3, -0.25) is 4.79 Å². The molecular weight excluding hydrogens is 418 g/mol. The number of fused-ring (bicyclic) bond motifs is 3. The second-order valence-corrected chi connectivity index (χ2v) is 8.95. The van der Waals surface area contributed by atoms with Gasteiger partial charge in [0.05, 0.1) is 34.7 Å². The van der Waals surface area contributed by atoms with Crippen LogP contribution in [0.3, 0.4) is 0 Å². The van der Waals surface area contributed by atoms with E-state index in [4.69, 9.17) is 14.2 Å². The number of esters is 1. The van der Waals surface area contributed by atoms with Crippen molar-refractivity contribution < 1.29 is 19.0 Å². The molecule has 1 aliphatic heterocycles. The maximum Gasteiger partial charge on any atom is 0.338 e. The van der Waals surface area contributed by atoms with E-state index in [1.54, 1.807) is 24.3 Å². The van der Waals surface area contributed by atoms with Crippen molar-refractivity contribution >= 4 is 27.8 Å². The summed E-state index contributed by atoms with van der Waals surface area (Å²) in [5, 5.41) is 1.04. The number of methoxy groups -OCH3 is 1. The summed E-state index contributed by atoms with van der Waals surface area (Å²) in [4.78, 5) is 26.5. The molecule has 5 rings (SSSR count). The lowest BCUT2D eigenvalue weighted by atomic mass is 9.89. The summed E-state index contributed by atoms with van der Waals surface area (Å²) in [6, 6.07) is 18.2. The van der Waals surface area contributed by atoms with Crippen molar-refractivity contribution in [2.45, 2.75) is 32.0 Å². The first kappa shape index (κ1) is 21.1. The fourth-order valence-corrected chi connectivity index (χ4v) is 4.70. The Balaban J connectivity index is 1.77. The maximum atomic E-state index is 13.5. The van der Waals surface area contributed by atoms with Crippen LogP contribution in [0.25, 0.3) is 21.8 Å². The molecule has 0 aliphatic carbocycles. The molecule has 0 N–H and O–H groups in total. The number of carbonyl (C=O) groups excluding carboxylic acids is 1. The number of ether oxygens (including phenoxy) is 3. The third-order valence-electron chi connectivity index (χ3n) is 6.21. The fraction of sp³-hybridized carbons (Fsp3) is 0.259. The van der Waals surface area contributed by atoms with Crippen LogP contribution in [0, 0.1) is 0 Å². The van der Waals surface area contributed by atoms with Crippen LogP contribution in [0.1, 0.15) is 42.3 Å². The zero-order valence-corrected chi connectivity index (χ0v) is 19.0. The second-order valence-electron chi connectivity index (χ2n) is 8.95. The van der Waals surface area contributed by atoms with E-state index in [9.17, 15) is 9.59 Å². The molecule has 0 spiro atoms. The number of aromatic nitrogens is 1. The molecule has 1 aromatic heterocycles. The van der Waals surface area contributed by atoms with E-state index >= 15 is 0 Å². The minimum Gasteiger partial charge on any atom is -0.495 e. The molecule has 2 heterocycles. The van der Waals surface area contributed by atoms with Gasteiger partial charge in [-0.2, -0.15) is 0 Å². The van der Waals surface area contributed by atoms with Gasteiger partial charge in [-0.05, 0) is 38.1 Å². The summed E-state index contributed by atoms with van der Waals surface area (Å²) < 4.78 is 20.1. The maximum absolute atomic E-state index is 13.5. The van der Waals surface area contributed by atoms with Crippen molar-refractivity contribution in [2.75, 3.05) is 7.11 Å². The highest BCUT2D eigenvalue weighted by atomic mass is 16.6. The molecule has 6 nitrogen and oxygen atoms in total. The Kier molecular flexibility index (Phi) is 4.89. The lowest BCUT2D eigenvalue weighted by Gasteiger charge is -2.38. The predicted molar refractivity (Wildman–Crippen MR) is 127 cm³/mol. The smallest absolute Gasteiger partial charge is 0.338 e. The Morgan fingerprint density at radius 2 is 1.76 bits per heavy atom. The summed E-state index contributed by atoms with van der Waals surface area (Å²) in [6.45, 7) is 3.91. The minimum absolute atomic E-state index is 0.128. The normalized spacial score (nSPS) is 16.8. The molecular formula is C27H25NO5. The van der Waals surface area contributed by atoms with E-state index in [0.717, 1.165) is 5.52 Å². The first-order valence-corrected chi connectivity index (χ1v) is 10.9. The minimum atomic E-state index is -0.632. The van der Waals surface area contributed by atoms with E-state index in [1.165, 1.54) is 7.11 Å². The molecule has 4 aromatic rings. The van der Waals surface area contributed by atoms with E-state index in [1.807, 2.05) is 61.9 Å². The largest absolute Gasteiger partial charge is 0.495 e. The average Bonchev–Trinajstić information content (AvgIpc) is 2.81. The summed E-state index contributed by atoms with van der Waals surface area (Å²) in [5.74, 6) is 0.500. The topological polar surface area (TPSA) is 66.8 Å². The Labute approximate surface area is 191 Å². The SMILES string of the molecule is COc1c2c(cc3c1c(=O)c1ccccc1n3C)OC(C)(C)CC2OC(=O)c1ccccc1. The third kappa shape index (κ3) is 3.42. The van der Waals surface area contributed by atoms with Crippen molar-refractivity contribution in [2.24, 2.45) is 7.05 Å². The van der Waals surface area contributed by atoms with E-state index < -0.39 is 17.7 Å². The van der Waals surface area contributed by atoms with Crippen LogP contribution in [0.15, 0.2) is 65.5 Å². The van der Waals surface area contributed by atoms with Crippen LogP contribution < -0.4 is 14.9 Å². The molecule has 0 fully saturated rings. The molecule has 3 aromatic carbocycles. The Morgan fingerprint density at radius 3 is 2.48 bits per heavy atom. The lowest BCUT2D eigenvalue weighted by Crippen LogP contribution is -2.36. The van der Waals surface area contributed by atoms with Gasteiger partial charge in [-0.25, -0.2) is 4.79 Å². The van der Waals surface area contributed by atoms with Crippen LogP contribution in [0.4, 0.5) is 0 Å². The molecule has 168 valence electrons. The number of pyridine rings is 1. The van der Waals surface area contributed by atoms with Gasteiger partial charge >= 0.3 is 5.97 Å². The van der Waals surface area contributed by atoms with Crippen LogP contribution in [0.5, 0.6) is 11.5 Å². The number of para-hydroxylation sites is 1. The molecule has 6 heteroatoms. The zero-order valence-electron chi connectivity index (χ0n) is 19.0. The highest BCUT2D eigenvalue weighted by Crippen LogP contribution is 2.49. The monoisotopic (exact) mass is 443 g/mol. The standard InChI is InChI=1S/C27H25NO5/c1-27(2)15-21(32-26(30)16-10-6-5-7-11-16)23-20(33-27)14-19-22(25(23)31-4)24(29)17-12-8-9-13-18(17)28(19)3/h5-14,21H,15H2,1-4H3. The van der Waals surface area contributed by atoms with Gasteiger partial charge in [-0.15, -0.1) is 0 Å². The Morgan fingerprint density at radius 1 is 1.06 bits per heavy atom. The first-order valence-electron chi connectivity index (χ1n) is 10.9. The Hall–Kier alpha value is -3.80. The molecule has 0 amide bonds. The van der Waals surface area contributed by atoms with Gasteiger partial charge in [0.1, 0.15) is 23.2 Å². The molecule has 0 saturated heterocycles. The molecule has 0 bridgehead atoms. The predicted octanol–water partition coefficient (Wildman–Crippen LogP) is 5.16. The molecule has 33 heavy (non-hydrogen) atoms. The molecule has 0 saturated carbocycles. The number of nitrogens with zero attached hydrogens (tertiary/aromatic N) is 1. The summed E-state index contributed by atoms with van der Waals surface area (Å²) in [5.41, 5.74) is 1.85. The lowest BCUT2D eigenvalue weighted by molar-refractivity contribution is -0.0169. The number of hydrogen-bond acceptors (Lipinski definition) is 5. The van der Waals surface area contributed by atoms with Crippen molar-refractivity contribution in [1.29, 1.82) is 0 Å². The summed E-state index contributed by atoms with van der Waals surface area (Å²) in [7, 11) is 3.44. The van der Waals surface area contributed by atoms with Gasteiger partial charge in [0.2, 0.25) is 5.43 Å². The van der Waals surface area contributed by atoms with Gasteiger partial charge in [-0.1, -0.05) is 30.3 Å². The van der Waals surface area contributed by atoms with Crippen molar-refractivity contribution in [3.05, 3.63) is 82.0 Å². The van der Waals surface area contributed by atoms with E-state index in [-0.39, 0.29) is 5.43 Å². The van der Waals surface area contributed by atoms with E-state index in [0.29, 0.717) is 45.3 Å². The van der Waals surface area contributed by atoms with Gasteiger partial charge in [0.15, 0.2) is 0 Å². The fourth-order valence-electron chi connectivity index (χ4n) is 4.70. The molecule has 1 unspecified atom stereocenters.